The number of carbonyl (C=O) groups is 3. The summed E-state index contributed by atoms with van der Waals surface area (Å²) < 4.78 is 5.02. The molecule has 0 N–H and O–H groups in total. The molecule has 0 unspecified atom stereocenters. The van der Waals surface area contributed by atoms with E-state index < -0.39 is 5.97 Å². The number of methoxy groups -OCH3 is 1. The van der Waals surface area contributed by atoms with Gasteiger partial charge >= 0.3 is 5.97 Å². The Morgan fingerprint density at radius 1 is 1.03 bits per heavy atom. The molecule has 2 aliphatic carbocycles. The lowest BCUT2D eigenvalue weighted by Gasteiger charge is -2.36. The van der Waals surface area contributed by atoms with Gasteiger partial charge in [0.25, 0.3) is 0 Å². The molecule has 32 heavy (non-hydrogen) atoms. The van der Waals surface area contributed by atoms with Crippen LogP contribution < -0.4 is 4.90 Å². The number of anilines is 1. The van der Waals surface area contributed by atoms with Crippen molar-refractivity contribution in [2.75, 3.05) is 12.0 Å². The number of ketones is 1. The van der Waals surface area contributed by atoms with Gasteiger partial charge in [0.15, 0.2) is 0 Å². The average molecular weight is 460 g/mol. The van der Waals surface area contributed by atoms with Gasteiger partial charge in [0, 0.05) is 24.8 Å². The van der Waals surface area contributed by atoms with E-state index in [2.05, 4.69) is 11.8 Å². The van der Waals surface area contributed by atoms with Crippen molar-refractivity contribution in [1.82, 2.24) is 0 Å². The van der Waals surface area contributed by atoms with Crippen LogP contribution in [0.5, 0.6) is 0 Å². The van der Waals surface area contributed by atoms with Gasteiger partial charge in [-0.05, 0) is 38.7 Å². The lowest BCUT2D eigenvalue weighted by molar-refractivity contribution is -0.125. The minimum absolute atomic E-state index is 0.0333. The highest BCUT2D eigenvalue weighted by Crippen LogP contribution is 2.37. The second-order valence-electron chi connectivity index (χ2n) is 8.21. The van der Waals surface area contributed by atoms with Crippen molar-refractivity contribution in [3.8, 4) is 11.8 Å². The number of Topliss-reactive ketones (excluding diaryl/α,β-unsaturated/α-hetero) is 1. The Hall–Kier alpha value is -2.13. The van der Waals surface area contributed by atoms with Crippen molar-refractivity contribution in [1.29, 1.82) is 0 Å². The molecule has 3 rings (SSSR count). The molecule has 0 radical (unpaired) electrons. The van der Waals surface area contributed by atoms with Gasteiger partial charge in [-0.25, -0.2) is 4.79 Å². The Balaban J connectivity index is 0.00000176. The first-order valence-corrected chi connectivity index (χ1v) is 12.9. The number of thiophene rings is 1. The molecule has 0 spiro atoms. The number of hydrogen-bond acceptors (Lipinski definition) is 5. The number of hydrogen-bond donors (Lipinski definition) is 0. The summed E-state index contributed by atoms with van der Waals surface area (Å²) in [5.41, 5.74) is 0.607. The Labute approximate surface area is 196 Å². The van der Waals surface area contributed by atoms with Crippen molar-refractivity contribution in [3.63, 3.8) is 0 Å². The molecule has 2 aliphatic rings. The fourth-order valence-electron chi connectivity index (χ4n) is 4.56. The van der Waals surface area contributed by atoms with E-state index in [1.54, 1.807) is 6.92 Å². The summed E-state index contributed by atoms with van der Waals surface area (Å²) in [5, 5.41) is 0. The molecule has 5 nitrogen and oxygen atoms in total. The molecule has 0 bridgehead atoms. The molecule has 176 valence electrons. The number of ether oxygens (including phenoxy) is 1. The molecule has 6 heteroatoms. The highest BCUT2D eigenvalue weighted by Gasteiger charge is 2.36. The minimum atomic E-state index is -0.443. The lowest BCUT2D eigenvalue weighted by atomic mass is 9.87. The van der Waals surface area contributed by atoms with E-state index >= 15 is 0 Å². The molecule has 1 heterocycles. The Morgan fingerprint density at radius 3 is 2.19 bits per heavy atom. The number of amides is 1. The number of esters is 1. The maximum atomic E-state index is 13.8. The summed E-state index contributed by atoms with van der Waals surface area (Å²) in [5.74, 6) is 5.76. The van der Waals surface area contributed by atoms with Gasteiger partial charge in [-0.2, -0.15) is 0 Å². The van der Waals surface area contributed by atoms with Crippen LogP contribution in [0.4, 0.5) is 5.69 Å². The number of rotatable bonds is 4. The first kappa shape index (κ1) is 26.1. The van der Waals surface area contributed by atoms with Crippen molar-refractivity contribution >= 4 is 34.7 Å². The lowest BCUT2D eigenvalue weighted by Crippen LogP contribution is -2.46. The summed E-state index contributed by atoms with van der Waals surface area (Å²) in [6.45, 7) is 5.75. The van der Waals surface area contributed by atoms with Gasteiger partial charge in [-0.1, -0.05) is 51.9 Å². The topological polar surface area (TPSA) is 63.7 Å². The summed E-state index contributed by atoms with van der Waals surface area (Å²) in [4.78, 5) is 41.2. The van der Waals surface area contributed by atoms with Gasteiger partial charge in [-0.3, -0.25) is 9.59 Å². The zero-order valence-corrected chi connectivity index (χ0v) is 20.8. The van der Waals surface area contributed by atoms with E-state index in [-0.39, 0.29) is 23.7 Å². The molecule has 0 aromatic carbocycles. The van der Waals surface area contributed by atoms with Crippen LogP contribution in [0, 0.1) is 17.8 Å². The summed E-state index contributed by atoms with van der Waals surface area (Å²) >= 11 is 1.27. The first-order valence-electron chi connectivity index (χ1n) is 12.0. The van der Waals surface area contributed by atoms with Crippen molar-refractivity contribution in [2.24, 2.45) is 5.92 Å². The maximum absolute atomic E-state index is 13.8. The van der Waals surface area contributed by atoms with E-state index in [4.69, 9.17) is 4.74 Å². The van der Waals surface area contributed by atoms with Gasteiger partial charge in [0.1, 0.15) is 10.7 Å². The summed E-state index contributed by atoms with van der Waals surface area (Å²) in [7, 11) is 1.36. The second-order valence-corrected chi connectivity index (χ2v) is 9.26. The Bertz CT molecular complexity index is 830. The highest BCUT2D eigenvalue weighted by atomic mass is 32.1. The molecule has 1 aromatic rings. The molecule has 2 fully saturated rings. The predicted octanol–water partition coefficient (Wildman–Crippen LogP) is 6.14. The van der Waals surface area contributed by atoms with Crippen molar-refractivity contribution in [2.45, 2.75) is 97.4 Å². The van der Waals surface area contributed by atoms with Crippen LogP contribution in [-0.2, 0) is 14.3 Å². The SMILES string of the molecule is CC.CC#Cc1cc(N(C(=O)C2CCCCCCC2)C2CCC(=O)CC2)c(C(=O)OC)s1. The van der Waals surface area contributed by atoms with Gasteiger partial charge in [0.2, 0.25) is 5.91 Å². The Morgan fingerprint density at radius 2 is 1.62 bits per heavy atom. The van der Waals surface area contributed by atoms with Crippen LogP contribution in [0.25, 0.3) is 0 Å². The van der Waals surface area contributed by atoms with E-state index in [0.717, 1.165) is 30.6 Å². The number of nitrogens with zero attached hydrogens (tertiary/aromatic N) is 1. The fourth-order valence-corrected chi connectivity index (χ4v) is 5.53. The smallest absolute Gasteiger partial charge is 0.350 e. The Kier molecular flexibility index (Phi) is 11.0. The van der Waals surface area contributed by atoms with Crippen LogP contribution in [0.1, 0.15) is 106 Å². The predicted molar refractivity (Wildman–Crippen MR) is 130 cm³/mol. The van der Waals surface area contributed by atoms with Crippen LogP contribution in [0.15, 0.2) is 6.07 Å². The number of carbonyl (C=O) groups excluding carboxylic acids is 3. The largest absolute Gasteiger partial charge is 0.465 e. The molecule has 0 aliphatic heterocycles. The van der Waals surface area contributed by atoms with Crippen molar-refractivity contribution < 1.29 is 19.1 Å². The normalized spacial score (nSPS) is 17.7. The van der Waals surface area contributed by atoms with Crippen LogP contribution >= 0.6 is 11.3 Å². The van der Waals surface area contributed by atoms with E-state index in [0.29, 0.717) is 36.2 Å². The van der Waals surface area contributed by atoms with Crippen molar-refractivity contribution in [3.05, 3.63) is 15.8 Å². The molecule has 0 atom stereocenters. The van der Waals surface area contributed by atoms with Crippen LogP contribution in [-0.4, -0.2) is 30.8 Å². The summed E-state index contributed by atoms with van der Waals surface area (Å²) in [6, 6.07) is 1.78. The molecule has 2 saturated carbocycles. The quantitative estimate of drug-likeness (QED) is 0.401. The van der Waals surface area contributed by atoms with Gasteiger partial charge in [0.05, 0.1) is 17.7 Å². The monoisotopic (exact) mass is 459 g/mol. The van der Waals surface area contributed by atoms with Crippen LogP contribution in [0.2, 0.25) is 0 Å². The maximum Gasteiger partial charge on any atom is 0.350 e. The summed E-state index contributed by atoms with van der Waals surface area (Å²) in [6.07, 6.45) is 9.74. The van der Waals surface area contributed by atoms with E-state index in [9.17, 15) is 14.4 Å². The molecular formula is C26H37NO4S. The third-order valence-electron chi connectivity index (χ3n) is 6.16. The zero-order chi connectivity index (χ0) is 23.5. The minimum Gasteiger partial charge on any atom is -0.465 e. The first-order chi connectivity index (χ1) is 15.5. The molecular weight excluding hydrogens is 422 g/mol. The molecule has 1 amide bonds. The highest BCUT2D eigenvalue weighted by molar-refractivity contribution is 7.15. The van der Waals surface area contributed by atoms with Gasteiger partial charge in [-0.15, -0.1) is 17.3 Å². The van der Waals surface area contributed by atoms with E-state index in [1.807, 2.05) is 24.8 Å². The third-order valence-corrected chi connectivity index (χ3v) is 7.18. The van der Waals surface area contributed by atoms with Gasteiger partial charge < -0.3 is 9.64 Å². The fraction of sp³-hybridized carbons (Fsp3) is 0.654. The van der Waals surface area contributed by atoms with Crippen LogP contribution in [0.3, 0.4) is 0 Å². The third kappa shape index (κ3) is 6.68. The average Bonchev–Trinajstić information content (AvgIpc) is 3.19. The molecule has 1 aromatic heterocycles. The standard InChI is InChI=1S/C24H31NO4S.C2H6/c1-3-9-20-16-21(22(30-20)24(28)29-2)25(18-12-14-19(26)15-13-18)23(27)17-10-7-5-4-6-8-11-17;1-2/h16-18H,4-8,10-15H2,1-2H3;1-2H3. The van der Waals surface area contributed by atoms with E-state index in [1.165, 1.54) is 37.7 Å². The second kappa shape index (κ2) is 13.4. The molecule has 0 saturated heterocycles. The zero-order valence-electron chi connectivity index (χ0n) is 20.0.